The molecule has 6 rings (SSSR count). The number of benzene rings is 1. The Morgan fingerprint density at radius 1 is 1.13 bits per heavy atom. The van der Waals surface area contributed by atoms with Crippen LogP contribution >= 0.6 is 11.6 Å². The van der Waals surface area contributed by atoms with Gasteiger partial charge in [-0.1, -0.05) is 11.6 Å². The first kappa shape index (κ1) is 19.3. The minimum atomic E-state index is -0.228. The molecule has 1 aromatic carbocycles. The first-order chi connectivity index (χ1) is 14.4. The van der Waals surface area contributed by atoms with Gasteiger partial charge in [0.1, 0.15) is 11.6 Å². The van der Waals surface area contributed by atoms with E-state index in [0.717, 1.165) is 43.5 Å². The van der Waals surface area contributed by atoms with Crippen LogP contribution in [-0.2, 0) is 4.79 Å². The summed E-state index contributed by atoms with van der Waals surface area (Å²) in [5, 5.41) is 6.81. The van der Waals surface area contributed by atoms with E-state index in [2.05, 4.69) is 20.6 Å². The molecule has 0 saturated heterocycles. The molecule has 0 spiro atoms. The number of aromatic nitrogens is 2. The lowest BCUT2D eigenvalue weighted by atomic mass is 9.44. The standard InChI is InChI=1S/C22H23ClN4O3/c1-13-6-16(4-5-17(13)23)30-9-18(28)26-21-10-22(11-21,12-21)27-20(29)15-7-24-19(25-8-15)14-2-3-14/h4-8,14H,2-3,9-12H2,1H3,(H,26,28)(H,27,29). The minimum absolute atomic E-state index is 0.0487. The molecule has 4 saturated carbocycles. The van der Waals surface area contributed by atoms with Crippen LogP contribution < -0.4 is 15.4 Å². The van der Waals surface area contributed by atoms with Crippen molar-refractivity contribution in [2.24, 2.45) is 0 Å². The predicted molar refractivity (Wildman–Crippen MR) is 111 cm³/mol. The van der Waals surface area contributed by atoms with Crippen LogP contribution in [0.1, 0.15) is 59.8 Å². The number of carbonyl (C=O) groups is 2. The highest BCUT2D eigenvalue weighted by molar-refractivity contribution is 6.31. The van der Waals surface area contributed by atoms with Crippen molar-refractivity contribution in [3.63, 3.8) is 0 Å². The van der Waals surface area contributed by atoms with E-state index in [1.165, 1.54) is 0 Å². The van der Waals surface area contributed by atoms with Crippen molar-refractivity contribution in [1.29, 1.82) is 0 Å². The molecular formula is C22H23ClN4O3. The van der Waals surface area contributed by atoms with Crippen LogP contribution in [0.3, 0.4) is 0 Å². The lowest BCUT2D eigenvalue weighted by Crippen LogP contribution is -2.84. The van der Waals surface area contributed by atoms with E-state index in [4.69, 9.17) is 16.3 Å². The number of amides is 2. The van der Waals surface area contributed by atoms with Gasteiger partial charge in [-0.25, -0.2) is 9.97 Å². The molecule has 4 aliphatic rings. The third-order valence-corrected chi connectivity index (χ3v) is 6.61. The maximum absolute atomic E-state index is 12.5. The molecule has 8 heteroatoms. The summed E-state index contributed by atoms with van der Waals surface area (Å²) in [6.07, 6.45) is 7.68. The first-order valence-corrected chi connectivity index (χ1v) is 10.6. The van der Waals surface area contributed by atoms with Crippen molar-refractivity contribution in [2.75, 3.05) is 6.61 Å². The highest BCUT2D eigenvalue weighted by Gasteiger charge is 2.69. The molecule has 1 aromatic heterocycles. The number of hydrogen-bond donors (Lipinski definition) is 2. The summed E-state index contributed by atoms with van der Waals surface area (Å²) in [5.41, 5.74) is 0.928. The average Bonchev–Trinajstić information content (AvgIpc) is 3.51. The molecule has 7 nitrogen and oxygen atoms in total. The first-order valence-electron chi connectivity index (χ1n) is 10.2. The van der Waals surface area contributed by atoms with Crippen molar-refractivity contribution < 1.29 is 14.3 Å². The highest BCUT2D eigenvalue weighted by Crippen LogP contribution is 2.60. The Morgan fingerprint density at radius 2 is 1.80 bits per heavy atom. The normalized spacial score (nSPS) is 26.2. The molecule has 0 radical (unpaired) electrons. The van der Waals surface area contributed by atoms with Gasteiger partial charge in [-0.15, -0.1) is 0 Å². The van der Waals surface area contributed by atoms with E-state index in [1.54, 1.807) is 24.5 Å². The van der Waals surface area contributed by atoms with Crippen molar-refractivity contribution in [3.05, 3.63) is 52.6 Å². The van der Waals surface area contributed by atoms with Gasteiger partial charge in [-0.2, -0.15) is 0 Å². The number of carbonyl (C=O) groups excluding carboxylic acids is 2. The third-order valence-electron chi connectivity index (χ3n) is 6.19. The zero-order valence-electron chi connectivity index (χ0n) is 16.7. The maximum atomic E-state index is 12.5. The Hall–Kier alpha value is -2.67. The monoisotopic (exact) mass is 426 g/mol. The second kappa shape index (κ2) is 6.94. The fourth-order valence-electron chi connectivity index (χ4n) is 4.56. The fourth-order valence-corrected chi connectivity index (χ4v) is 4.68. The number of rotatable bonds is 7. The third kappa shape index (κ3) is 3.62. The zero-order chi connectivity index (χ0) is 20.9. The Labute approximate surface area is 179 Å². The van der Waals surface area contributed by atoms with Gasteiger partial charge in [0.2, 0.25) is 0 Å². The number of nitrogens with zero attached hydrogens (tertiary/aromatic N) is 2. The summed E-state index contributed by atoms with van der Waals surface area (Å²) in [6.45, 7) is 1.84. The molecule has 2 N–H and O–H groups in total. The van der Waals surface area contributed by atoms with E-state index < -0.39 is 0 Å². The van der Waals surface area contributed by atoms with Crippen LogP contribution in [0.2, 0.25) is 5.02 Å². The van der Waals surface area contributed by atoms with Gasteiger partial charge < -0.3 is 15.4 Å². The Balaban J connectivity index is 1.08. The van der Waals surface area contributed by atoms with Gasteiger partial charge >= 0.3 is 0 Å². The van der Waals surface area contributed by atoms with Crippen LogP contribution in [0, 0.1) is 6.92 Å². The van der Waals surface area contributed by atoms with E-state index in [9.17, 15) is 9.59 Å². The summed E-state index contributed by atoms with van der Waals surface area (Å²) < 4.78 is 5.56. The second-order valence-electron chi connectivity index (χ2n) is 8.90. The molecule has 0 atom stereocenters. The predicted octanol–water partition coefficient (Wildman–Crippen LogP) is 2.92. The van der Waals surface area contributed by atoms with E-state index in [-0.39, 0.29) is 29.5 Å². The molecule has 1 heterocycles. The van der Waals surface area contributed by atoms with Crippen LogP contribution in [0.5, 0.6) is 5.75 Å². The number of aryl methyl sites for hydroxylation is 1. The highest BCUT2D eigenvalue weighted by atomic mass is 35.5. The molecule has 4 fully saturated rings. The quantitative estimate of drug-likeness (QED) is 0.710. The number of ether oxygens (including phenoxy) is 1. The molecule has 4 aliphatic carbocycles. The maximum Gasteiger partial charge on any atom is 0.258 e. The number of halogens is 1. The summed E-state index contributed by atoms with van der Waals surface area (Å²) in [7, 11) is 0. The van der Waals surface area contributed by atoms with Crippen LogP contribution in [0.4, 0.5) is 0 Å². The van der Waals surface area contributed by atoms with Crippen LogP contribution in [0.15, 0.2) is 30.6 Å². The molecule has 2 aromatic rings. The Bertz CT molecular complexity index is 1000. The van der Waals surface area contributed by atoms with Gasteiger partial charge in [0, 0.05) is 34.4 Å². The molecular weight excluding hydrogens is 404 g/mol. The van der Waals surface area contributed by atoms with Crippen molar-refractivity contribution in [1.82, 2.24) is 20.6 Å². The molecule has 2 amide bonds. The van der Waals surface area contributed by atoms with Gasteiger partial charge in [0.25, 0.3) is 11.8 Å². The fraction of sp³-hybridized carbons (Fsp3) is 0.455. The lowest BCUT2D eigenvalue weighted by Gasteiger charge is -2.70. The average molecular weight is 427 g/mol. The van der Waals surface area contributed by atoms with E-state index in [1.807, 2.05) is 13.0 Å². The van der Waals surface area contributed by atoms with Crippen LogP contribution in [0.25, 0.3) is 0 Å². The number of nitrogens with one attached hydrogen (secondary N) is 2. The topological polar surface area (TPSA) is 93.2 Å². The molecule has 30 heavy (non-hydrogen) atoms. The molecule has 0 aliphatic heterocycles. The van der Waals surface area contributed by atoms with Crippen molar-refractivity contribution >= 4 is 23.4 Å². The number of hydrogen-bond acceptors (Lipinski definition) is 5. The van der Waals surface area contributed by atoms with Gasteiger partial charge in [-0.3, -0.25) is 9.59 Å². The summed E-state index contributed by atoms with van der Waals surface area (Å²) in [6, 6.07) is 5.30. The molecule has 0 unspecified atom stereocenters. The van der Waals surface area contributed by atoms with Gasteiger partial charge in [0.15, 0.2) is 6.61 Å². The van der Waals surface area contributed by atoms with E-state index in [0.29, 0.717) is 22.3 Å². The van der Waals surface area contributed by atoms with Gasteiger partial charge in [-0.05, 0) is 62.8 Å². The van der Waals surface area contributed by atoms with Crippen molar-refractivity contribution in [2.45, 2.75) is 56.0 Å². The smallest absolute Gasteiger partial charge is 0.258 e. The molecule has 2 bridgehead atoms. The van der Waals surface area contributed by atoms with E-state index >= 15 is 0 Å². The molecule has 156 valence electrons. The summed E-state index contributed by atoms with van der Waals surface area (Å²) >= 11 is 6.00. The largest absolute Gasteiger partial charge is 0.484 e. The summed E-state index contributed by atoms with van der Waals surface area (Å²) in [4.78, 5) is 33.4. The Kier molecular flexibility index (Phi) is 4.47. The van der Waals surface area contributed by atoms with Crippen LogP contribution in [-0.4, -0.2) is 39.5 Å². The second-order valence-corrected chi connectivity index (χ2v) is 9.30. The lowest BCUT2D eigenvalue weighted by molar-refractivity contribution is -0.141. The minimum Gasteiger partial charge on any atom is -0.484 e. The zero-order valence-corrected chi connectivity index (χ0v) is 17.5. The summed E-state index contributed by atoms with van der Waals surface area (Å²) in [5.74, 6) is 1.60. The Morgan fingerprint density at radius 3 is 2.43 bits per heavy atom. The van der Waals surface area contributed by atoms with Gasteiger partial charge in [0.05, 0.1) is 5.56 Å². The van der Waals surface area contributed by atoms with Crippen molar-refractivity contribution in [3.8, 4) is 5.75 Å². The SMILES string of the molecule is Cc1cc(OCC(=O)NC23CC(NC(=O)c4cnc(C5CC5)nc4)(C2)C3)ccc1Cl.